The zero-order valence-corrected chi connectivity index (χ0v) is 18.2. The molecule has 1 aliphatic heterocycles. The van der Waals surface area contributed by atoms with Gasteiger partial charge in [-0.1, -0.05) is 18.2 Å². The predicted molar refractivity (Wildman–Crippen MR) is 119 cm³/mol. The number of furan rings is 1. The van der Waals surface area contributed by atoms with Crippen LogP contribution in [0.1, 0.15) is 50.7 Å². The number of carbonyl (C=O) groups is 4. The van der Waals surface area contributed by atoms with Gasteiger partial charge in [-0.3, -0.25) is 19.3 Å². The minimum absolute atomic E-state index is 0.00183. The Bertz CT molecular complexity index is 1200. The zero-order valence-electron chi connectivity index (χ0n) is 18.2. The Morgan fingerprint density at radius 2 is 1.70 bits per heavy atom. The van der Waals surface area contributed by atoms with Crippen molar-refractivity contribution in [3.8, 4) is 0 Å². The molecular formula is C25H22N2O6. The average Bonchev–Trinajstić information content (AvgIpc) is 3.41. The number of anilines is 1. The van der Waals surface area contributed by atoms with Gasteiger partial charge in [-0.2, -0.15) is 0 Å². The second kappa shape index (κ2) is 9.12. The van der Waals surface area contributed by atoms with Gasteiger partial charge in [-0.05, 0) is 56.3 Å². The van der Waals surface area contributed by atoms with Crippen molar-refractivity contribution in [1.29, 1.82) is 0 Å². The van der Waals surface area contributed by atoms with Crippen LogP contribution in [0.15, 0.2) is 71.3 Å². The van der Waals surface area contributed by atoms with Crippen LogP contribution >= 0.6 is 0 Å². The maximum atomic E-state index is 12.7. The Hall–Kier alpha value is -4.20. The molecule has 0 saturated carbocycles. The Labute approximate surface area is 190 Å². The van der Waals surface area contributed by atoms with Crippen molar-refractivity contribution in [3.05, 3.63) is 89.4 Å². The zero-order chi connectivity index (χ0) is 23.5. The summed E-state index contributed by atoms with van der Waals surface area (Å²) >= 11 is 0. The maximum absolute atomic E-state index is 12.7. The molecule has 3 aromatic rings. The highest BCUT2D eigenvalue weighted by Crippen LogP contribution is 2.26. The van der Waals surface area contributed by atoms with E-state index in [-0.39, 0.29) is 35.2 Å². The van der Waals surface area contributed by atoms with Gasteiger partial charge < -0.3 is 14.1 Å². The minimum Gasteiger partial charge on any atom is -0.467 e. The van der Waals surface area contributed by atoms with Crippen LogP contribution in [0.3, 0.4) is 0 Å². The molecule has 0 bridgehead atoms. The SMILES string of the molecule is CC(C)N(C(=O)COC(=O)c1ccc2c(c1)C(=O)N(Cc1ccco1)C2=O)c1ccccc1. The number of imide groups is 1. The van der Waals surface area contributed by atoms with E-state index in [2.05, 4.69) is 0 Å². The largest absolute Gasteiger partial charge is 0.467 e. The van der Waals surface area contributed by atoms with Gasteiger partial charge in [-0.15, -0.1) is 0 Å². The summed E-state index contributed by atoms with van der Waals surface area (Å²) in [6, 6.07) is 16.4. The first-order chi connectivity index (χ1) is 15.9. The fourth-order valence-corrected chi connectivity index (χ4v) is 3.72. The van der Waals surface area contributed by atoms with E-state index in [1.807, 2.05) is 32.0 Å². The van der Waals surface area contributed by atoms with Gasteiger partial charge >= 0.3 is 5.97 Å². The van der Waals surface area contributed by atoms with Gasteiger partial charge in [-0.25, -0.2) is 4.79 Å². The number of hydrogen-bond donors (Lipinski definition) is 0. The van der Waals surface area contributed by atoms with E-state index in [1.54, 1.807) is 29.2 Å². The fourth-order valence-electron chi connectivity index (χ4n) is 3.72. The van der Waals surface area contributed by atoms with E-state index in [4.69, 9.17) is 9.15 Å². The molecule has 0 atom stereocenters. The fraction of sp³-hybridized carbons (Fsp3) is 0.200. The van der Waals surface area contributed by atoms with Crippen LogP contribution < -0.4 is 4.90 Å². The standard InChI is InChI=1S/C25H22N2O6/c1-16(2)27(18-7-4-3-5-8-18)22(28)15-33-25(31)17-10-11-20-21(13-17)24(30)26(23(20)29)14-19-9-6-12-32-19/h3-13,16H,14-15H2,1-2H3. The molecule has 1 aromatic heterocycles. The number of carbonyl (C=O) groups excluding carboxylic acids is 4. The highest BCUT2D eigenvalue weighted by molar-refractivity contribution is 6.21. The van der Waals surface area contributed by atoms with Crippen LogP contribution in [0.4, 0.5) is 5.69 Å². The van der Waals surface area contributed by atoms with Crippen molar-refractivity contribution in [2.24, 2.45) is 0 Å². The number of fused-ring (bicyclic) bond motifs is 1. The van der Waals surface area contributed by atoms with Crippen molar-refractivity contribution in [2.75, 3.05) is 11.5 Å². The smallest absolute Gasteiger partial charge is 0.338 e. The topological polar surface area (TPSA) is 97.1 Å². The molecule has 33 heavy (non-hydrogen) atoms. The molecule has 1 aliphatic rings. The third kappa shape index (κ3) is 4.41. The van der Waals surface area contributed by atoms with E-state index < -0.39 is 24.4 Å². The second-order valence-electron chi connectivity index (χ2n) is 7.81. The van der Waals surface area contributed by atoms with E-state index in [1.165, 1.54) is 24.5 Å². The highest BCUT2D eigenvalue weighted by atomic mass is 16.5. The van der Waals surface area contributed by atoms with E-state index in [0.29, 0.717) is 11.4 Å². The summed E-state index contributed by atoms with van der Waals surface area (Å²) in [5.74, 6) is -1.64. The molecule has 2 aromatic carbocycles. The Balaban J connectivity index is 1.45. The van der Waals surface area contributed by atoms with Crippen LogP contribution in [-0.2, 0) is 16.1 Å². The van der Waals surface area contributed by atoms with Gasteiger partial charge in [0.05, 0.1) is 29.5 Å². The van der Waals surface area contributed by atoms with E-state index >= 15 is 0 Å². The Morgan fingerprint density at radius 3 is 2.36 bits per heavy atom. The van der Waals surface area contributed by atoms with Crippen molar-refractivity contribution in [2.45, 2.75) is 26.4 Å². The molecule has 0 N–H and O–H groups in total. The molecule has 0 aliphatic carbocycles. The van der Waals surface area contributed by atoms with Gasteiger partial charge in [0, 0.05) is 11.7 Å². The third-order valence-electron chi connectivity index (χ3n) is 5.25. The normalized spacial score (nSPS) is 12.8. The predicted octanol–water partition coefficient (Wildman–Crippen LogP) is 3.67. The van der Waals surface area contributed by atoms with Gasteiger partial charge in [0.15, 0.2) is 6.61 Å². The van der Waals surface area contributed by atoms with Gasteiger partial charge in [0.2, 0.25) is 0 Å². The molecule has 0 spiro atoms. The number of rotatable bonds is 7. The molecule has 0 radical (unpaired) electrons. The van der Waals surface area contributed by atoms with Crippen molar-refractivity contribution >= 4 is 29.4 Å². The summed E-state index contributed by atoms with van der Waals surface area (Å²) < 4.78 is 10.4. The molecule has 3 amide bonds. The van der Waals surface area contributed by atoms with Crippen LogP contribution in [-0.4, -0.2) is 41.2 Å². The van der Waals surface area contributed by atoms with E-state index in [9.17, 15) is 19.2 Å². The van der Waals surface area contributed by atoms with Crippen LogP contribution in [0.2, 0.25) is 0 Å². The molecule has 2 heterocycles. The van der Waals surface area contributed by atoms with Crippen LogP contribution in [0.25, 0.3) is 0 Å². The summed E-state index contributed by atoms with van der Waals surface area (Å²) in [4.78, 5) is 53.3. The number of para-hydroxylation sites is 1. The lowest BCUT2D eigenvalue weighted by Crippen LogP contribution is -2.39. The highest BCUT2D eigenvalue weighted by Gasteiger charge is 2.36. The Kier molecular flexibility index (Phi) is 6.08. The maximum Gasteiger partial charge on any atom is 0.338 e. The summed E-state index contributed by atoms with van der Waals surface area (Å²) in [6.45, 7) is 3.27. The van der Waals surface area contributed by atoms with E-state index in [0.717, 1.165) is 4.90 Å². The third-order valence-corrected chi connectivity index (χ3v) is 5.25. The number of nitrogens with zero attached hydrogens (tertiary/aromatic N) is 2. The number of hydrogen-bond acceptors (Lipinski definition) is 6. The van der Waals surface area contributed by atoms with Gasteiger partial charge in [0.25, 0.3) is 17.7 Å². The lowest BCUT2D eigenvalue weighted by Gasteiger charge is -2.26. The first-order valence-corrected chi connectivity index (χ1v) is 10.4. The molecule has 168 valence electrons. The second-order valence-corrected chi connectivity index (χ2v) is 7.81. The van der Waals surface area contributed by atoms with Crippen molar-refractivity contribution in [1.82, 2.24) is 4.90 Å². The monoisotopic (exact) mass is 446 g/mol. The molecule has 0 saturated heterocycles. The molecule has 0 fully saturated rings. The number of ether oxygens (including phenoxy) is 1. The number of esters is 1. The first kappa shape index (κ1) is 22.0. The average molecular weight is 446 g/mol. The molecule has 4 rings (SSSR count). The summed E-state index contributed by atoms with van der Waals surface area (Å²) in [6.07, 6.45) is 1.46. The lowest BCUT2D eigenvalue weighted by atomic mass is 10.1. The molecule has 8 heteroatoms. The summed E-state index contributed by atoms with van der Waals surface area (Å²) in [5.41, 5.74) is 1.10. The van der Waals surface area contributed by atoms with Crippen LogP contribution in [0, 0.1) is 0 Å². The number of amides is 3. The lowest BCUT2D eigenvalue weighted by molar-refractivity contribution is -0.122. The summed E-state index contributed by atoms with van der Waals surface area (Å²) in [5, 5.41) is 0. The molecular weight excluding hydrogens is 424 g/mol. The first-order valence-electron chi connectivity index (χ1n) is 10.4. The van der Waals surface area contributed by atoms with Crippen molar-refractivity contribution < 1.29 is 28.3 Å². The molecule has 8 nitrogen and oxygen atoms in total. The van der Waals surface area contributed by atoms with Gasteiger partial charge in [0.1, 0.15) is 5.76 Å². The van der Waals surface area contributed by atoms with Crippen LogP contribution in [0.5, 0.6) is 0 Å². The van der Waals surface area contributed by atoms with Crippen molar-refractivity contribution in [3.63, 3.8) is 0 Å². The Morgan fingerprint density at radius 1 is 0.970 bits per heavy atom. The quantitative estimate of drug-likeness (QED) is 0.406. The minimum atomic E-state index is -0.757. The summed E-state index contributed by atoms with van der Waals surface area (Å²) in [7, 11) is 0. The molecule has 0 unspecified atom stereocenters. The number of benzene rings is 2.